The molecule has 4 heterocycles. The predicted octanol–water partition coefficient (Wildman–Crippen LogP) is -9.95. The maximum absolute atomic E-state index is 12.9. The van der Waals surface area contributed by atoms with Gasteiger partial charge in [-0.3, -0.25) is 9.59 Å². The van der Waals surface area contributed by atoms with E-state index in [2.05, 4.69) is 10.6 Å². The Balaban J connectivity index is 1.82. The largest absolute Gasteiger partial charge is 0.394 e. The molecule has 4 saturated heterocycles. The molecule has 26 nitrogen and oxygen atoms in total. The molecule has 4 aliphatic heterocycles. The minimum atomic E-state index is -2.10. The number of aliphatic hydroxyl groups excluding tert-OH is 14. The molecule has 0 aromatic heterocycles. The maximum Gasteiger partial charge on any atom is 0.217 e. The average Bonchev–Trinajstić information content (AvgIpc) is 3.21. The Hall–Kier alpha value is -1.94. The minimum Gasteiger partial charge on any atom is -0.394 e. The van der Waals surface area contributed by atoms with E-state index in [9.17, 15) is 81.1 Å². The lowest BCUT2D eigenvalue weighted by molar-refractivity contribution is -0.394. The number of nitrogens with one attached hydrogen (secondary N) is 2. The van der Waals surface area contributed by atoms with E-state index in [0.717, 1.165) is 13.8 Å². The quantitative estimate of drug-likeness (QED) is 0.0645. The first-order chi connectivity index (χ1) is 28.2. The molecule has 0 radical (unpaired) electrons. The summed E-state index contributed by atoms with van der Waals surface area (Å²) < 4.78 is 47.2. The number of rotatable bonds is 17. The summed E-state index contributed by atoms with van der Waals surface area (Å²) in [7, 11) is 0. The summed E-state index contributed by atoms with van der Waals surface area (Å²) in [5.41, 5.74) is 0. The van der Waals surface area contributed by atoms with Crippen LogP contribution in [0.4, 0.5) is 0 Å². The van der Waals surface area contributed by atoms with Crippen molar-refractivity contribution in [3.63, 3.8) is 0 Å². The van der Waals surface area contributed by atoms with Crippen molar-refractivity contribution in [3.8, 4) is 0 Å². The summed E-state index contributed by atoms with van der Waals surface area (Å²) in [5, 5.41) is 152. The second kappa shape index (κ2) is 22.1. The van der Waals surface area contributed by atoms with Crippen LogP contribution in [0.3, 0.4) is 0 Å². The molecule has 24 atom stereocenters. The van der Waals surface area contributed by atoms with Crippen molar-refractivity contribution < 1.29 is 119 Å². The predicted molar refractivity (Wildman–Crippen MR) is 189 cm³/mol. The second-order valence-electron chi connectivity index (χ2n) is 15.2. The summed E-state index contributed by atoms with van der Waals surface area (Å²) in [6, 6.07) is -3.31. The summed E-state index contributed by atoms with van der Waals surface area (Å²) in [4.78, 5) is 24.9. The summed E-state index contributed by atoms with van der Waals surface area (Å²) in [6.45, 7) is 0.731. The number of carbonyl (C=O) groups is 2. The van der Waals surface area contributed by atoms with Gasteiger partial charge in [-0.05, 0) is 13.8 Å². The molecule has 26 heteroatoms. The Labute approximate surface area is 342 Å². The number of carbonyl (C=O) groups excluding carboxylic acids is 2. The van der Waals surface area contributed by atoms with E-state index in [-0.39, 0.29) is 0 Å². The molecule has 2 amide bonds. The molecule has 16 N–H and O–H groups in total. The van der Waals surface area contributed by atoms with E-state index in [4.69, 9.17) is 37.9 Å². The van der Waals surface area contributed by atoms with Crippen molar-refractivity contribution >= 4 is 11.8 Å². The lowest BCUT2D eigenvalue weighted by Crippen LogP contribution is -2.71. The fraction of sp³-hybridized carbons (Fsp3) is 0.941. The number of amides is 2. The van der Waals surface area contributed by atoms with E-state index in [1.807, 2.05) is 0 Å². The normalized spacial score (nSPS) is 44.6. The zero-order valence-corrected chi connectivity index (χ0v) is 33.0. The molecule has 0 unspecified atom stereocenters. The van der Waals surface area contributed by atoms with Gasteiger partial charge in [0.15, 0.2) is 25.2 Å². The Morgan fingerprint density at radius 1 is 0.567 bits per heavy atom. The van der Waals surface area contributed by atoms with Crippen LogP contribution in [0.25, 0.3) is 0 Å². The van der Waals surface area contributed by atoms with Crippen LogP contribution in [0.15, 0.2) is 0 Å². The van der Waals surface area contributed by atoms with Gasteiger partial charge in [0.2, 0.25) is 11.8 Å². The van der Waals surface area contributed by atoms with E-state index in [1.54, 1.807) is 0 Å². The van der Waals surface area contributed by atoms with Crippen LogP contribution in [-0.4, -0.2) is 257 Å². The van der Waals surface area contributed by atoms with Gasteiger partial charge < -0.3 is 120 Å². The van der Waals surface area contributed by atoms with Crippen LogP contribution in [0.1, 0.15) is 27.7 Å². The third kappa shape index (κ3) is 11.4. The van der Waals surface area contributed by atoms with Gasteiger partial charge in [0.1, 0.15) is 104 Å². The SMILES string of the molecule is CC(=O)N[C@H]1[C@H](O[C@@H]([C@@H](O)[C@H](O)CO)[C@H](CO)NC(C)=O)O[C@H](CO)[C@@H](O[C@@H]2O[C@H](CO)[C@H](O)[C@H](O)[C@H]2O[C@@H]2O[C@@H](C)[C@@H](O)[C@@H](O)[C@@H]2O)[C@@H]1O[C@@H]1O[C@@H](C)[C@@H](O)[C@@H](O)[C@@H]1O. The molecule has 0 bridgehead atoms. The highest BCUT2D eigenvalue weighted by atomic mass is 16.8. The molecule has 0 aromatic carbocycles. The summed E-state index contributed by atoms with van der Waals surface area (Å²) in [6.07, 6.45) is -39.9. The topological polar surface area (TPSA) is 415 Å². The molecule has 4 rings (SSSR count). The van der Waals surface area contributed by atoms with Crippen LogP contribution >= 0.6 is 0 Å². The van der Waals surface area contributed by atoms with E-state index in [0.29, 0.717) is 0 Å². The second-order valence-corrected chi connectivity index (χ2v) is 15.2. The Bertz CT molecular complexity index is 1360. The first-order valence-electron chi connectivity index (χ1n) is 19.2. The van der Waals surface area contributed by atoms with Gasteiger partial charge in [0.25, 0.3) is 0 Å². The highest BCUT2D eigenvalue weighted by Crippen LogP contribution is 2.36. The lowest BCUT2D eigenvalue weighted by Gasteiger charge is -2.51. The average molecular weight is 881 g/mol. The first-order valence-corrected chi connectivity index (χ1v) is 19.2. The molecule has 4 aliphatic rings. The lowest BCUT2D eigenvalue weighted by atomic mass is 9.93. The van der Waals surface area contributed by atoms with Crippen LogP contribution in [0, 0.1) is 0 Å². The molecule has 0 aliphatic carbocycles. The number of hydrogen-bond acceptors (Lipinski definition) is 24. The van der Waals surface area contributed by atoms with Crippen molar-refractivity contribution in [1.82, 2.24) is 10.6 Å². The van der Waals surface area contributed by atoms with Crippen LogP contribution in [-0.2, 0) is 47.5 Å². The molecule has 0 spiro atoms. The fourth-order valence-corrected chi connectivity index (χ4v) is 7.30. The summed E-state index contributed by atoms with van der Waals surface area (Å²) in [5.74, 6) is -1.59. The zero-order valence-electron chi connectivity index (χ0n) is 33.0. The van der Waals surface area contributed by atoms with E-state index >= 15 is 0 Å². The van der Waals surface area contributed by atoms with Gasteiger partial charge in [-0.25, -0.2) is 0 Å². The Kier molecular flexibility index (Phi) is 18.7. The molecule has 0 saturated carbocycles. The molecular formula is C34H60N2O24. The van der Waals surface area contributed by atoms with E-state index in [1.165, 1.54) is 13.8 Å². The van der Waals surface area contributed by atoms with Crippen molar-refractivity contribution in [2.24, 2.45) is 0 Å². The van der Waals surface area contributed by atoms with Crippen LogP contribution < -0.4 is 10.6 Å². The van der Waals surface area contributed by atoms with Gasteiger partial charge in [0, 0.05) is 13.8 Å². The van der Waals surface area contributed by atoms with Crippen molar-refractivity contribution in [2.45, 2.75) is 175 Å². The third-order valence-electron chi connectivity index (χ3n) is 10.7. The fourth-order valence-electron chi connectivity index (χ4n) is 7.30. The van der Waals surface area contributed by atoms with Gasteiger partial charge in [-0.1, -0.05) is 0 Å². The highest BCUT2D eigenvalue weighted by Gasteiger charge is 2.57. The third-order valence-corrected chi connectivity index (χ3v) is 10.7. The van der Waals surface area contributed by atoms with Crippen LogP contribution in [0.2, 0.25) is 0 Å². The van der Waals surface area contributed by atoms with E-state index < -0.39 is 185 Å². The van der Waals surface area contributed by atoms with Gasteiger partial charge >= 0.3 is 0 Å². The van der Waals surface area contributed by atoms with Gasteiger partial charge in [-0.15, -0.1) is 0 Å². The van der Waals surface area contributed by atoms with Crippen molar-refractivity contribution in [3.05, 3.63) is 0 Å². The Morgan fingerprint density at radius 2 is 1.07 bits per heavy atom. The van der Waals surface area contributed by atoms with Crippen molar-refractivity contribution in [2.75, 3.05) is 26.4 Å². The van der Waals surface area contributed by atoms with Crippen molar-refractivity contribution in [1.29, 1.82) is 0 Å². The molecule has 0 aromatic rings. The number of hydrogen-bond donors (Lipinski definition) is 16. The Morgan fingerprint density at radius 3 is 1.53 bits per heavy atom. The van der Waals surface area contributed by atoms with Gasteiger partial charge in [0.05, 0.1) is 44.7 Å². The summed E-state index contributed by atoms with van der Waals surface area (Å²) >= 11 is 0. The standard InChI is InChI=1S/C34H60N2O24/c1-9-18(44)22(48)25(51)32(53-9)59-29-17(36-12(4)42)31(57-27(20(46)14(43)6-38)13(5-37)35-11(3)41)56-16(8-40)28(29)58-34-30(24(50)21(47)15(7-39)55-34)60-33-26(52)23(49)19(45)10(2)54-33/h9-10,13-34,37-40,43-52H,5-8H2,1-4H3,(H,35,41)(H,36,42)/t9-,10-,13-,14+,15+,16+,17+,18+,19+,20-,21-,22+,23+,24-,25-,26-,27+,28+,29+,30+,31-,32-,33-,34-/m0/s1. The first kappa shape index (κ1) is 50.7. The monoisotopic (exact) mass is 880 g/mol. The molecule has 350 valence electrons. The maximum atomic E-state index is 12.9. The van der Waals surface area contributed by atoms with Crippen LogP contribution in [0.5, 0.6) is 0 Å². The van der Waals surface area contributed by atoms with Gasteiger partial charge in [-0.2, -0.15) is 0 Å². The molecular weight excluding hydrogens is 820 g/mol. The smallest absolute Gasteiger partial charge is 0.217 e. The molecule has 4 fully saturated rings. The number of ether oxygens (including phenoxy) is 8. The number of aliphatic hydroxyl groups is 14. The molecule has 60 heavy (non-hydrogen) atoms. The highest BCUT2D eigenvalue weighted by molar-refractivity contribution is 5.73. The minimum absolute atomic E-state index is 0.749. The zero-order chi connectivity index (χ0) is 44.9.